The first-order chi connectivity index (χ1) is 9.93. The fourth-order valence-corrected chi connectivity index (χ4v) is 2.17. The lowest BCUT2D eigenvalue weighted by Crippen LogP contribution is -2.35. The van der Waals surface area contributed by atoms with Crippen LogP contribution in [-0.2, 0) is 14.3 Å². The van der Waals surface area contributed by atoms with Crippen molar-refractivity contribution in [2.75, 3.05) is 25.7 Å². The maximum atomic E-state index is 12.2. The van der Waals surface area contributed by atoms with Crippen molar-refractivity contribution in [1.29, 1.82) is 0 Å². The molecule has 1 aromatic rings. The van der Waals surface area contributed by atoms with E-state index >= 15 is 0 Å². The standard InChI is InChI=1S/C15H17NO5/c1-9-6-11-13(21-8-14(18)16(11)2)7-10(9)12(17)4-5-15(19)20-3/h6-7H,4-5,8H2,1-3H3. The molecule has 6 heteroatoms. The molecule has 0 fully saturated rings. The number of esters is 1. The van der Waals surface area contributed by atoms with Crippen molar-refractivity contribution in [3.63, 3.8) is 0 Å². The highest BCUT2D eigenvalue weighted by Crippen LogP contribution is 2.34. The largest absolute Gasteiger partial charge is 0.482 e. The van der Waals surface area contributed by atoms with Gasteiger partial charge in [0.25, 0.3) is 5.91 Å². The molecule has 6 nitrogen and oxygen atoms in total. The van der Waals surface area contributed by atoms with Crippen molar-refractivity contribution >= 4 is 23.3 Å². The van der Waals surface area contributed by atoms with Crippen molar-refractivity contribution in [2.45, 2.75) is 19.8 Å². The summed E-state index contributed by atoms with van der Waals surface area (Å²) < 4.78 is 9.89. The number of likely N-dealkylation sites (N-methyl/N-ethyl adjacent to an activating group) is 1. The van der Waals surface area contributed by atoms with Gasteiger partial charge in [-0.25, -0.2) is 0 Å². The highest BCUT2D eigenvalue weighted by Gasteiger charge is 2.24. The van der Waals surface area contributed by atoms with Crippen molar-refractivity contribution < 1.29 is 23.9 Å². The van der Waals surface area contributed by atoms with Gasteiger partial charge in [-0.3, -0.25) is 14.4 Å². The fraction of sp³-hybridized carbons (Fsp3) is 0.400. The fourth-order valence-electron chi connectivity index (χ4n) is 2.17. The lowest BCUT2D eigenvalue weighted by atomic mass is 9.99. The van der Waals surface area contributed by atoms with E-state index in [0.717, 1.165) is 5.56 Å². The minimum atomic E-state index is -0.416. The first kappa shape index (κ1) is 15.0. The van der Waals surface area contributed by atoms with Gasteiger partial charge in [0, 0.05) is 19.0 Å². The second-order valence-electron chi connectivity index (χ2n) is 4.88. The Kier molecular flexibility index (Phi) is 4.26. The van der Waals surface area contributed by atoms with Crippen LogP contribution in [0.1, 0.15) is 28.8 Å². The number of fused-ring (bicyclic) bond motifs is 1. The molecule has 112 valence electrons. The zero-order valence-electron chi connectivity index (χ0n) is 12.3. The average molecular weight is 291 g/mol. The van der Waals surface area contributed by atoms with E-state index in [1.165, 1.54) is 12.0 Å². The van der Waals surface area contributed by atoms with Crippen molar-refractivity contribution in [3.05, 3.63) is 23.3 Å². The van der Waals surface area contributed by atoms with Crippen LogP contribution in [0.25, 0.3) is 0 Å². The minimum absolute atomic E-state index is 0.0393. The van der Waals surface area contributed by atoms with Gasteiger partial charge < -0.3 is 14.4 Å². The summed E-state index contributed by atoms with van der Waals surface area (Å²) in [5.74, 6) is -0.194. The van der Waals surface area contributed by atoms with Gasteiger partial charge in [0.1, 0.15) is 5.75 Å². The summed E-state index contributed by atoms with van der Waals surface area (Å²) in [6.07, 6.45) is 0.131. The van der Waals surface area contributed by atoms with E-state index in [0.29, 0.717) is 17.0 Å². The number of methoxy groups -OCH3 is 1. The number of nitrogens with zero attached hydrogens (tertiary/aromatic N) is 1. The van der Waals surface area contributed by atoms with Gasteiger partial charge in [-0.2, -0.15) is 0 Å². The first-order valence-electron chi connectivity index (χ1n) is 6.58. The Morgan fingerprint density at radius 2 is 2.05 bits per heavy atom. The predicted octanol–water partition coefficient (Wildman–Crippen LogP) is 1.49. The molecule has 1 amide bonds. The summed E-state index contributed by atoms with van der Waals surface area (Å²) in [5, 5.41) is 0. The number of carbonyl (C=O) groups excluding carboxylic acids is 3. The van der Waals surface area contributed by atoms with Gasteiger partial charge in [-0.05, 0) is 24.6 Å². The molecule has 2 rings (SSSR count). The topological polar surface area (TPSA) is 72.9 Å². The number of ether oxygens (including phenoxy) is 2. The van der Waals surface area contributed by atoms with Crippen LogP contribution in [0.15, 0.2) is 12.1 Å². The summed E-state index contributed by atoms with van der Waals surface area (Å²) in [5.41, 5.74) is 1.89. The maximum Gasteiger partial charge on any atom is 0.305 e. The zero-order chi connectivity index (χ0) is 15.6. The Morgan fingerprint density at radius 1 is 1.33 bits per heavy atom. The Labute approximate surface area is 122 Å². The molecule has 0 saturated heterocycles. The molecule has 1 aliphatic heterocycles. The molecule has 0 radical (unpaired) electrons. The predicted molar refractivity (Wildman–Crippen MR) is 75.7 cm³/mol. The molecule has 0 saturated carbocycles. The average Bonchev–Trinajstić information content (AvgIpc) is 2.48. The molecule has 0 N–H and O–H groups in total. The number of carbonyl (C=O) groups is 3. The normalized spacial score (nSPS) is 13.5. The molecule has 0 spiro atoms. The number of benzene rings is 1. The van der Waals surface area contributed by atoms with E-state index in [2.05, 4.69) is 4.74 Å². The summed E-state index contributed by atoms with van der Waals surface area (Å²) in [4.78, 5) is 36.4. The van der Waals surface area contributed by atoms with Crippen LogP contribution in [-0.4, -0.2) is 38.4 Å². The third kappa shape index (κ3) is 3.04. The first-order valence-corrected chi connectivity index (χ1v) is 6.58. The molecule has 1 heterocycles. The monoisotopic (exact) mass is 291 g/mol. The Hall–Kier alpha value is -2.37. The van der Waals surface area contributed by atoms with Crippen molar-refractivity contribution in [1.82, 2.24) is 0 Å². The molecular weight excluding hydrogens is 274 g/mol. The van der Waals surface area contributed by atoms with Crippen LogP contribution in [0, 0.1) is 6.92 Å². The van der Waals surface area contributed by atoms with E-state index in [1.807, 2.05) is 0 Å². The maximum absolute atomic E-state index is 12.2. The number of rotatable bonds is 4. The number of Topliss-reactive ketones (excluding diaryl/α,β-unsaturated/α-hetero) is 1. The van der Waals surface area contributed by atoms with Crippen LogP contribution >= 0.6 is 0 Å². The van der Waals surface area contributed by atoms with E-state index in [9.17, 15) is 14.4 Å². The molecule has 21 heavy (non-hydrogen) atoms. The molecular formula is C15H17NO5. The minimum Gasteiger partial charge on any atom is -0.482 e. The molecule has 1 aromatic carbocycles. The summed E-state index contributed by atoms with van der Waals surface area (Å²) >= 11 is 0. The number of hydrogen-bond donors (Lipinski definition) is 0. The lowest BCUT2D eigenvalue weighted by molar-refractivity contribution is -0.140. The van der Waals surface area contributed by atoms with Gasteiger partial charge >= 0.3 is 5.97 Å². The Bertz CT molecular complexity index is 608. The quantitative estimate of drug-likeness (QED) is 0.620. The third-order valence-corrected chi connectivity index (χ3v) is 3.48. The van der Waals surface area contributed by atoms with Crippen LogP contribution in [0.5, 0.6) is 5.75 Å². The van der Waals surface area contributed by atoms with Gasteiger partial charge in [-0.15, -0.1) is 0 Å². The smallest absolute Gasteiger partial charge is 0.305 e. The molecule has 1 aliphatic rings. The second kappa shape index (κ2) is 5.95. The van der Waals surface area contributed by atoms with E-state index < -0.39 is 5.97 Å². The number of amides is 1. The SMILES string of the molecule is COC(=O)CCC(=O)c1cc2c(cc1C)N(C)C(=O)CO2. The molecule has 0 atom stereocenters. The number of hydrogen-bond acceptors (Lipinski definition) is 5. The second-order valence-corrected chi connectivity index (χ2v) is 4.88. The van der Waals surface area contributed by atoms with Crippen LogP contribution < -0.4 is 9.64 Å². The third-order valence-electron chi connectivity index (χ3n) is 3.48. The van der Waals surface area contributed by atoms with Crippen molar-refractivity contribution in [3.8, 4) is 5.75 Å². The highest BCUT2D eigenvalue weighted by molar-refractivity contribution is 6.02. The summed E-state index contributed by atoms with van der Waals surface area (Å²) in [6.45, 7) is 1.75. The number of anilines is 1. The van der Waals surface area contributed by atoms with Gasteiger partial charge in [-0.1, -0.05) is 0 Å². The molecule has 0 aliphatic carbocycles. The molecule has 0 aromatic heterocycles. The van der Waals surface area contributed by atoms with E-state index in [-0.39, 0.29) is 31.1 Å². The zero-order valence-corrected chi connectivity index (χ0v) is 12.3. The van der Waals surface area contributed by atoms with Gasteiger partial charge in [0.2, 0.25) is 0 Å². The number of ketones is 1. The van der Waals surface area contributed by atoms with Crippen LogP contribution in [0.3, 0.4) is 0 Å². The van der Waals surface area contributed by atoms with Gasteiger partial charge in [0.15, 0.2) is 12.4 Å². The Balaban J connectivity index is 2.24. The van der Waals surface area contributed by atoms with E-state index in [4.69, 9.17) is 4.74 Å². The molecule has 0 bridgehead atoms. The lowest BCUT2D eigenvalue weighted by Gasteiger charge is -2.27. The van der Waals surface area contributed by atoms with E-state index in [1.54, 1.807) is 26.1 Å². The van der Waals surface area contributed by atoms with Crippen LogP contribution in [0.2, 0.25) is 0 Å². The summed E-state index contributed by atoms with van der Waals surface area (Å²) in [7, 11) is 2.96. The van der Waals surface area contributed by atoms with Gasteiger partial charge in [0.05, 0.1) is 19.2 Å². The molecule has 0 unspecified atom stereocenters. The highest BCUT2D eigenvalue weighted by atomic mass is 16.5. The van der Waals surface area contributed by atoms with Crippen LogP contribution in [0.4, 0.5) is 5.69 Å². The summed E-state index contributed by atoms with van der Waals surface area (Å²) in [6, 6.07) is 3.38. The Morgan fingerprint density at radius 3 is 2.71 bits per heavy atom. The van der Waals surface area contributed by atoms with Crippen molar-refractivity contribution in [2.24, 2.45) is 0 Å². The number of aryl methyl sites for hydroxylation is 1.